The Morgan fingerprint density at radius 2 is 0.461 bits per heavy atom. The maximum absolute atomic E-state index is 13.4. The second-order valence-electron chi connectivity index (χ2n) is 29.2. The molecule has 0 saturated heterocycles. The molecule has 4 aromatic carbocycles. The molecule has 9 rings (SSSR count). The second-order valence-corrected chi connectivity index (χ2v) is 29.2. The van der Waals surface area contributed by atoms with Crippen LogP contribution in [0.1, 0.15) is 313 Å². The zero-order valence-corrected chi connectivity index (χ0v) is 62.8. The van der Waals surface area contributed by atoms with Crippen molar-refractivity contribution in [1.82, 2.24) is 19.9 Å². The quantitative estimate of drug-likeness (QED) is 0.0241. The monoisotopic (exact) mass is 1370 g/mol. The third-order valence-electron chi connectivity index (χ3n) is 20.7. The first kappa shape index (κ1) is 78.0. The molecule has 8 bridgehead atoms. The fraction of sp³-hybridized carbons (Fsp3) is 0.489. The molecule has 3 aromatic heterocycles. The van der Waals surface area contributed by atoms with Gasteiger partial charge in [0.15, 0.2) is 0 Å². The first-order valence-corrected chi connectivity index (χ1v) is 40.7. The van der Waals surface area contributed by atoms with E-state index in [1.54, 1.807) is 0 Å². The minimum absolute atomic E-state index is 0.0387. The molecule has 0 spiro atoms. The number of aromatic amines is 2. The van der Waals surface area contributed by atoms with Crippen molar-refractivity contribution in [2.75, 3.05) is 16.0 Å². The predicted octanol–water partition coefficient (Wildman–Crippen LogP) is 27.6. The van der Waals surface area contributed by atoms with Crippen LogP contribution in [0.4, 0.5) is 17.1 Å². The number of nitrogens with one attached hydrogen (secondary N) is 5. The number of nitrogens with zero attached hydrogens (tertiary/aromatic N) is 2. The summed E-state index contributed by atoms with van der Waals surface area (Å²) in [5.41, 5.74) is 16.5. The highest BCUT2D eigenvalue weighted by Crippen LogP contribution is 2.40. The van der Waals surface area contributed by atoms with Crippen LogP contribution in [-0.4, -0.2) is 37.7 Å². The molecule has 102 heavy (non-hydrogen) atoms. The molecule has 10 nitrogen and oxygen atoms in total. The summed E-state index contributed by atoms with van der Waals surface area (Å²) < 4.78 is 0. The molecular formula is C92H123N7O3. The normalized spacial score (nSPS) is 11.8. The number of unbranched alkanes of at least 4 members (excludes halogenated alkanes) is 36. The van der Waals surface area contributed by atoms with Crippen molar-refractivity contribution < 1.29 is 14.4 Å². The summed E-state index contributed by atoms with van der Waals surface area (Å²) in [6.07, 6.45) is 59.5. The van der Waals surface area contributed by atoms with E-state index in [0.717, 1.165) is 145 Å². The number of benzene rings is 4. The summed E-state index contributed by atoms with van der Waals surface area (Å²) in [7, 11) is 0. The SMILES string of the molecule is CCCCCCCCCCCCCCCC(=O)Nc1ccc(-c2c3nc(c(-c4ccc(NC(=O)CCCCCCCCCCCCCCC)cc4)c4ccc([nH]4)c(-c4ccc(NC(=O)CCCCCCCCCCCCCCC)cc4)c4nc(c(-c5ccccc5)c5ccc2[nH]5)C=C4)C=C3)cc1. The zero-order chi connectivity index (χ0) is 71.0. The lowest BCUT2D eigenvalue weighted by Gasteiger charge is -2.10. The van der Waals surface area contributed by atoms with Crippen LogP contribution in [0.15, 0.2) is 127 Å². The van der Waals surface area contributed by atoms with Crippen LogP contribution < -0.4 is 16.0 Å². The van der Waals surface area contributed by atoms with Gasteiger partial charge in [-0.25, -0.2) is 9.97 Å². The van der Waals surface area contributed by atoms with Gasteiger partial charge in [-0.1, -0.05) is 319 Å². The van der Waals surface area contributed by atoms with Crippen molar-refractivity contribution in [3.63, 3.8) is 0 Å². The van der Waals surface area contributed by atoms with E-state index in [-0.39, 0.29) is 17.7 Å². The smallest absolute Gasteiger partial charge is 0.224 e. The molecule has 5 heterocycles. The van der Waals surface area contributed by atoms with Gasteiger partial charge in [-0.15, -0.1) is 0 Å². The summed E-state index contributed by atoms with van der Waals surface area (Å²) >= 11 is 0. The molecule has 3 amide bonds. The molecule has 2 aliphatic rings. The van der Waals surface area contributed by atoms with Crippen molar-refractivity contribution >= 4 is 81.2 Å². The van der Waals surface area contributed by atoms with E-state index in [0.29, 0.717) is 19.3 Å². The van der Waals surface area contributed by atoms with E-state index in [4.69, 9.17) is 9.97 Å². The van der Waals surface area contributed by atoms with E-state index in [9.17, 15) is 14.4 Å². The van der Waals surface area contributed by atoms with Gasteiger partial charge in [0.25, 0.3) is 0 Å². The number of hydrogen-bond acceptors (Lipinski definition) is 5. The molecule has 0 atom stereocenters. The Morgan fingerprint density at radius 3 is 0.686 bits per heavy atom. The van der Waals surface area contributed by atoms with Gasteiger partial charge in [0.2, 0.25) is 17.7 Å². The number of aromatic nitrogens is 4. The van der Waals surface area contributed by atoms with Crippen LogP contribution in [0, 0.1) is 0 Å². The van der Waals surface area contributed by atoms with Crippen LogP contribution >= 0.6 is 0 Å². The minimum atomic E-state index is 0.0387. The highest BCUT2D eigenvalue weighted by molar-refractivity contribution is 6.01. The molecule has 0 aliphatic carbocycles. The van der Waals surface area contributed by atoms with Crippen LogP contribution in [0.5, 0.6) is 0 Å². The van der Waals surface area contributed by atoms with Gasteiger partial charge in [-0.2, -0.15) is 0 Å². The van der Waals surface area contributed by atoms with Crippen molar-refractivity contribution in [3.05, 3.63) is 150 Å². The van der Waals surface area contributed by atoms with E-state index >= 15 is 0 Å². The number of rotatable bonds is 49. The van der Waals surface area contributed by atoms with Crippen LogP contribution in [0.25, 0.3) is 90.9 Å². The molecule has 0 saturated carbocycles. The number of anilines is 3. The lowest BCUT2D eigenvalue weighted by atomic mass is 10.0. The predicted molar refractivity (Wildman–Crippen MR) is 437 cm³/mol. The maximum atomic E-state index is 13.4. The summed E-state index contributed by atoms with van der Waals surface area (Å²) in [5, 5.41) is 9.60. The minimum Gasteiger partial charge on any atom is -0.354 e. The van der Waals surface area contributed by atoms with Gasteiger partial charge < -0.3 is 25.9 Å². The average Bonchev–Trinajstić information content (AvgIpc) is 1.61. The Kier molecular flexibility index (Phi) is 34.5. The van der Waals surface area contributed by atoms with Gasteiger partial charge in [0, 0.05) is 80.6 Å². The Bertz CT molecular complexity index is 3770. The standard InChI is InChI=1S/C92H123N7O3/c1-4-7-10-13-16-19-22-25-28-31-34-37-43-48-86(100)93-75-57-51-72(52-58-75)90-80-65-63-78(96-80)89(71-46-41-40-42-47-71)79-64-66-81(97-79)91(73-53-59-76(60-54-73)94-87(101)49-44-38-35-32-29-26-23-20-17-14-11-8-5-2)83-68-70-85(99-83)92(84-69-67-82(90)98-84)74-55-61-77(62-56-74)95-88(102)50-45-39-36-33-30-27-24-21-18-15-12-9-6-3/h40-42,46-47,51-70,96,99H,4-39,43-45,48-50H2,1-3H3,(H,93,100)(H,94,101)(H,95,102). The third-order valence-corrected chi connectivity index (χ3v) is 20.7. The number of amides is 3. The molecule has 7 aromatic rings. The van der Waals surface area contributed by atoms with Crippen molar-refractivity contribution in [2.24, 2.45) is 0 Å². The number of H-pyrrole nitrogens is 2. The van der Waals surface area contributed by atoms with Crippen LogP contribution in [-0.2, 0) is 14.4 Å². The zero-order valence-electron chi connectivity index (χ0n) is 62.8. The van der Waals surface area contributed by atoms with E-state index < -0.39 is 0 Å². The molecule has 0 unspecified atom stereocenters. The number of hydrogen-bond donors (Lipinski definition) is 5. The first-order valence-electron chi connectivity index (χ1n) is 40.7. The van der Waals surface area contributed by atoms with Gasteiger partial charge in [0.05, 0.1) is 22.8 Å². The number of carbonyl (C=O) groups excluding carboxylic acids is 3. The summed E-state index contributed by atoms with van der Waals surface area (Å²) in [5.74, 6) is 0.126. The Labute approximate surface area is 613 Å². The second kappa shape index (κ2) is 45.1. The molecule has 0 radical (unpaired) electrons. The third kappa shape index (κ3) is 26.0. The maximum Gasteiger partial charge on any atom is 0.224 e. The van der Waals surface area contributed by atoms with Crippen molar-refractivity contribution in [2.45, 2.75) is 290 Å². The molecule has 544 valence electrons. The van der Waals surface area contributed by atoms with E-state index in [1.807, 2.05) is 42.5 Å². The van der Waals surface area contributed by atoms with Gasteiger partial charge in [-0.3, -0.25) is 14.4 Å². The fourth-order valence-electron chi connectivity index (χ4n) is 14.8. The van der Waals surface area contributed by atoms with Crippen LogP contribution in [0.2, 0.25) is 0 Å². The molecule has 0 fully saturated rings. The molecular weight excluding hydrogens is 1250 g/mol. The topological polar surface area (TPSA) is 145 Å². The number of carbonyl (C=O) groups is 3. The van der Waals surface area contributed by atoms with Gasteiger partial charge in [0.1, 0.15) is 0 Å². The van der Waals surface area contributed by atoms with Crippen LogP contribution in [0.3, 0.4) is 0 Å². The highest BCUT2D eigenvalue weighted by atomic mass is 16.2. The van der Waals surface area contributed by atoms with E-state index in [2.05, 4.69) is 156 Å². The lowest BCUT2D eigenvalue weighted by Crippen LogP contribution is -2.10. The first-order chi connectivity index (χ1) is 50.3. The number of fused-ring (bicyclic) bond motifs is 8. The van der Waals surface area contributed by atoms with Gasteiger partial charge >= 0.3 is 0 Å². The lowest BCUT2D eigenvalue weighted by molar-refractivity contribution is -0.117. The summed E-state index contributed by atoms with van der Waals surface area (Å²) in [6.45, 7) is 6.83. The highest BCUT2D eigenvalue weighted by Gasteiger charge is 2.20. The van der Waals surface area contributed by atoms with Gasteiger partial charge in [-0.05, 0) is 126 Å². The van der Waals surface area contributed by atoms with E-state index in [1.165, 1.54) is 212 Å². The summed E-state index contributed by atoms with van der Waals surface area (Å²) in [4.78, 5) is 59.1. The van der Waals surface area contributed by atoms with Crippen molar-refractivity contribution in [1.29, 1.82) is 0 Å². The van der Waals surface area contributed by atoms with Crippen molar-refractivity contribution in [3.8, 4) is 44.5 Å². The Morgan fingerprint density at radius 1 is 0.255 bits per heavy atom. The Balaban J connectivity index is 0.970. The Hall–Kier alpha value is -8.11. The average molecular weight is 1380 g/mol. The largest absolute Gasteiger partial charge is 0.354 e. The summed E-state index contributed by atoms with van der Waals surface area (Å²) in [6, 6.07) is 43.5. The molecule has 10 heteroatoms. The molecule has 2 aliphatic heterocycles. The molecule has 5 N–H and O–H groups in total. The fourth-order valence-corrected chi connectivity index (χ4v) is 14.8.